The van der Waals surface area contributed by atoms with E-state index in [9.17, 15) is 9.59 Å². The third-order valence-electron chi connectivity index (χ3n) is 6.66. The van der Waals surface area contributed by atoms with E-state index < -0.39 is 0 Å². The molecule has 5 rings (SSSR count). The van der Waals surface area contributed by atoms with E-state index in [1.807, 2.05) is 60.7 Å². The van der Waals surface area contributed by atoms with Gasteiger partial charge in [-0.25, -0.2) is 0 Å². The van der Waals surface area contributed by atoms with Gasteiger partial charge in [-0.1, -0.05) is 97.1 Å². The van der Waals surface area contributed by atoms with Gasteiger partial charge in [-0.05, 0) is 75.9 Å². The van der Waals surface area contributed by atoms with Crippen molar-refractivity contribution in [2.45, 2.75) is 12.8 Å². The molecule has 0 radical (unpaired) electrons. The first-order chi connectivity index (χ1) is 19.2. The molecule has 0 atom stereocenters. The second-order valence-corrected chi connectivity index (χ2v) is 9.29. The lowest BCUT2D eigenvalue weighted by Gasteiger charge is -2.26. The Hall–Kier alpha value is -5.02. The quantitative estimate of drug-likeness (QED) is 0.141. The van der Waals surface area contributed by atoms with E-state index in [1.165, 1.54) is 11.1 Å². The number of hydrogen-bond acceptors (Lipinski definition) is 3. The van der Waals surface area contributed by atoms with Crippen LogP contribution < -0.4 is 4.90 Å². The van der Waals surface area contributed by atoms with Crippen LogP contribution in [0.2, 0.25) is 0 Å². The Morgan fingerprint density at radius 2 is 0.872 bits per heavy atom. The summed E-state index contributed by atoms with van der Waals surface area (Å²) in [5.41, 5.74) is 9.55. The summed E-state index contributed by atoms with van der Waals surface area (Å²) in [6.45, 7) is 0. The highest BCUT2D eigenvalue weighted by atomic mass is 16.1. The number of carbonyl (C=O) groups is 2. The molecular formula is C36H29NO2. The van der Waals surface area contributed by atoms with Gasteiger partial charge in [0.15, 0.2) is 0 Å². The first-order valence-corrected chi connectivity index (χ1v) is 13.0. The maximum atomic E-state index is 11.0. The number of anilines is 3. The van der Waals surface area contributed by atoms with Gasteiger partial charge in [0.1, 0.15) is 12.6 Å². The van der Waals surface area contributed by atoms with Crippen LogP contribution in [0.3, 0.4) is 0 Å². The van der Waals surface area contributed by atoms with Gasteiger partial charge < -0.3 is 14.5 Å². The normalized spacial score (nSPS) is 10.5. The number of aldehydes is 2. The molecule has 0 amide bonds. The molecule has 0 bridgehead atoms. The third-order valence-corrected chi connectivity index (χ3v) is 6.66. The highest BCUT2D eigenvalue weighted by Gasteiger charge is 2.13. The van der Waals surface area contributed by atoms with Crippen molar-refractivity contribution >= 4 is 41.3 Å². The molecule has 0 spiro atoms. The van der Waals surface area contributed by atoms with Crippen LogP contribution in [0.4, 0.5) is 17.1 Å². The number of carbonyl (C=O) groups excluding carboxylic acids is 2. The molecule has 0 saturated heterocycles. The lowest BCUT2D eigenvalue weighted by Crippen LogP contribution is -2.10. The Labute approximate surface area is 229 Å². The summed E-state index contributed by atoms with van der Waals surface area (Å²) in [6.07, 6.45) is 4.86. The van der Waals surface area contributed by atoms with Crippen LogP contribution in [0, 0.1) is 0 Å². The largest absolute Gasteiger partial charge is 0.311 e. The van der Waals surface area contributed by atoms with Crippen molar-refractivity contribution in [2.75, 3.05) is 4.90 Å². The fraction of sp³-hybridized carbons (Fsp3) is 0.0556. The Balaban J connectivity index is 1.53. The fourth-order valence-corrected chi connectivity index (χ4v) is 4.66. The predicted octanol–water partition coefficient (Wildman–Crippen LogP) is 8.23. The van der Waals surface area contributed by atoms with Gasteiger partial charge in [-0.2, -0.15) is 0 Å². The topological polar surface area (TPSA) is 37.4 Å². The molecular weight excluding hydrogens is 478 g/mol. The van der Waals surface area contributed by atoms with E-state index in [1.54, 1.807) is 0 Å². The van der Waals surface area contributed by atoms with E-state index in [0.717, 1.165) is 51.9 Å². The molecule has 39 heavy (non-hydrogen) atoms. The predicted molar refractivity (Wildman–Crippen MR) is 161 cm³/mol. The van der Waals surface area contributed by atoms with Crippen molar-refractivity contribution in [2.24, 2.45) is 0 Å². The first-order valence-electron chi connectivity index (χ1n) is 13.0. The van der Waals surface area contributed by atoms with Gasteiger partial charge in [-0.3, -0.25) is 0 Å². The molecule has 0 saturated carbocycles. The summed E-state index contributed by atoms with van der Waals surface area (Å²) in [4.78, 5) is 24.1. The van der Waals surface area contributed by atoms with Crippen molar-refractivity contribution in [1.29, 1.82) is 0 Å². The van der Waals surface area contributed by atoms with Crippen LogP contribution in [0.5, 0.6) is 0 Å². The summed E-state index contributed by atoms with van der Waals surface area (Å²) in [7, 11) is 0. The third kappa shape index (κ3) is 6.28. The lowest BCUT2D eigenvalue weighted by atomic mass is 9.95. The molecule has 5 aromatic rings. The fourth-order valence-electron chi connectivity index (χ4n) is 4.66. The summed E-state index contributed by atoms with van der Waals surface area (Å²) < 4.78 is 0. The molecule has 190 valence electrons. The van der Waals surface area contributed by atoms with Crippen LogP contribution in [0.1, 0.15) is 27.8 Å². The highest BCUT2D eigenvalue weighted by Crippen LogP contribution is 2.35. The summed E-state index contributed by atoms with van der Waals surface area (Å²) in [5, 5.41) is 0. The first kappa shape index (κ1) is 25.6. The molecule has 0 aromatic heterocycles. The van der Waals surface area contributed by atoms with Crippen molar-refractivity contribution in [3.8, 4) is 0 Å². The summed E-state index contributed by atoms with van der Waals surface area (Å²) in [6, 6.07) is 45.5. The number of hydrogen-bond donors (Lipinski definition) is 0. The lowest BCUT2D eigenvalue weighted by molar-refractivity contribution is -0.108. The zero-order valence-electron chi connectivity index (χ0n) is 21.6. The van der Waals surface area contributed by atoms with Gasteiger partial charge in [0.2, 0.25) is 0 Å². The van der Waals surface area contributed by atoms with Crippen LogP contribution in [-0.4, -0.2) is 12.6 Å². The number of nitrogens with zero attached hydrogens (tertiary/aromatic N) is 1. The Bertz CT molecular complexity index is 1440. The minimum atomic E-state index is 0.396. The van der Waals surface area contributed by atoms with Crippen molar-refractivity contribution in [3.63, 3.8) is 0 Å². The van der Waals surface area contributed by atoms with E-state index >= 15 is 0 Å². The van der Waals surface area contributed by atoms with E-state index in [-0.39, 0.29) is 0 Å². The van der Waals surface area contributed by atoms with Gasteiger partial charge in [-0.15, -0.1) is 0 Å². The SMILES string of the molecule is O=CCc1ccc(N(c2ccc(C=C(c3ccccc3)c3ccccc3)cc2)c2ccc(CC=O)cc2)cc1. The molecule has 0 aliphatic heterocycles. The second kappa shape index (κ2) is 12.5. The molecule has 3 heteroatoms. The summed E-state index contributed by atoms with van der Waals surface area (Å²) >= 11 is 0. The molecule has 0 aliphatic rings. The Kier molecular flexibility index (Phi) is 8.20. The minimum absolute atomic E-state index is 0.396. The van der Waals surface area contributed by atoms with Crippen molar-refractivity contribution in [3.05, 3.63) is 161 Å². The Morgan fingerprint density at radius 1 is 0.487 bits per heavy atom. The second-order valence-electron chi connectivity index (χ2n) is 9.29. The summed E-state index contributed by atoms with van der Waals surface area (Å²) in [5.74, 6) is 0. The van der Waals surface area contributed by atoms with Crippen LogP contribution in [-0.2, 0) is 22.4 Å². The van der Waals surface area contributed by atoms with Crippen LogP contribution in [0.25, 0.3) is 11.6 Å². The van der Waals surface area contributed by atoms with Crippen LogP contribution in [0.15, 0.2) is 133 Å². The molecule has 0 heterocycles. The molecule has 5 aromatic carbocycles. The van der Waals surface area contributed by atoms with Crippen molar-refractivity contribution in [1.82, 2.24) is 0 Å². The van der Waals surface area contributed by atoms with E-state index in [2.05, 4.69) is 83.8 Å². The maximum absolute atomic E-state index is 11.0. The average Bonchev–Trinajstić information content (AvgIpc) is 3.00. The standard InChI is InChI=1S/C36H29NO2/c38-25-23-28-11-17-33(18-12-28)37(34-19-13-29(14-20-34)24-26-39)35-21-15-30(16-22-35)27-36(31-7-3-1-4-8-31)32-9-5-2-6-10-32/h1-22,25-27H,23-24H2. The van der Waals surface area contributed by atoms with Crippen molar-refractivity contribution < 1.29 is 9.59 Å². The van der Waals surface area contributed by atoms with Gasteiger partial charge in [0.05, 0.1) is 0 Å². The average molecular weight is 508 g/mol. The van der Waals surface area contributed by atoms with Gasteiger partial charge in [0.25, 0.3) is 0 Å². The van der Waals surface area contributed by atoms with Gasteiger partial charge >= 0.3 is 0 Å². The molecule has 0 fully saturated rings. The van der Waals surface area contributed by atoms with Gasteiger partial charge in [0, 0.05) is 29.9 Å². The minimum Gasteiger partial charge on any atom is -0.311 e. The smallest absolute Gasteiger partial charge is 0.124 e. The van der Waals surface area contributed by atoms with Crippen LogP contribution >= 0.6 is 0 Å². The zero-order chi connectivity index (χ0) is 26.9. The zero-order valence-corrected chi connectivity index (χ0v) is 21.6. The maximum Gasteiger partial charge on any atom is 0.124 e. The number of benzene rings is 5. The molecule has 0 N–H and O–H groups in total. The molecule has 0 unspecified atom stereocenters. The highest BCUT2D eigenvalue weighted by molar-refractivity contribution is 5.91. The Morgan fingerprint density at radius 3 is 1.26 bits per heavy atom. The van der Waals surface area contributed by atoms with E-state index in [0.29, 0.717) is 12.8 Å². The van der Waals surface area contributed by atoms with E-state index in [4.69, 9.17) is 0 Å². The molecule has 3 nitrogen and oxygen atoms in total. The molecule has 0 aliphatic carbocycles. The number of rotatable bonds is 10. The monoisotopic (exact) mass is 507 g/mol.